The quantitative estimate of drug-likeness (QED) is 0.633. The number of amides is 3. The minimum atomic E-state index is -0.443. The van der Waals surface area contributed by atoms with Crippen molar-refractivity contribution in [3.8, 4) is 5.75 Å². The zero-order chi connectivity index (χ0) is 19.7. The predicted molar refractivity (Wildman–Crippen MR) is 101 cm³/mol. The fourth-order valence-corrected chi connectivity index (χ4v) is 3.19. The first-order chi connectivity index (χ1) is 13.6. The number of nitrogens with zero attached hydrogens (tertiary/aromatic N) is 2. The minimum Gasteiger partial charge on any atom is -0.497 e. The van der Waals surface area contributed by atoms with E-state index in [0.29, 0.717) is 24.1 Å². The number of hydrogen-bond donors (Lipinski definition) is 2. The van der Waals surface area contributed by atoms with E-state index >= 15 is 0 Å². The Hall–Kier alpha value is -3.68. The van der Waals surface area contributed by atoms with E-state index in [-0.39, 0.29) is 6.54 Å². The smallest absolute Gasteiger partial charge is 0.262 e. The Morgan fingerprint density at radius 3 is 2.54 bits per heavy atom. The number of fused-ring (bicyclic) bond motifs is 2. The van der Waals surface area contributed by atoms with Gasteiger partial charge in [0.05, 0.1) is 29.3 Å². The van der Waals surface area contributed by atoms with E-state index in [9.17, 15) is 14.4 Å². The number of H-pyrrole nitrogens is 1. The summed E-state index contributed by atoms with van der Waals surface area (Å²) in [7, 11) is 1.60. The first kappa shape index (κ1) is 17.7. The molecule has 0 unspecified atom stereocenters. The van der Waals surface area contributed by atoms with Gasteiger partial charge < -0.3 is 15.0 Å². The normalized spacial score (nSPS) is 13.1. The molecule has 2 heterocycles. The molecule has 1 aliphatic rings. The largest absolute Gasteiger partial charge is 0.497 e. The van der Waals surface area contributed by atoms with Gasteiger partial charge in [-0.1, -0.05) is 12.1 Å². The lowest BCUT2D eigenvalue weighted by molar-refractivity contribution is -0.121. The van der Waals surface area contributed by atoms with Crippen LogP contribution in [-0.2, 0) is 11.2 Å². The molecule has 2 N–H and O–H groups in total. The Labute approximate surface area is 160 Å². The third-order valence-corrected chi connectivity index (χ3v) is 4.60. The molecule has 1 aromatic heterocycles. The zero-order valence-electron chi connectivity index (χ0n) is 15.2. The molecule has 8 nitrogen and oxygen atoms in total. The van der Waals surface area contributed by atoms with Crippen LogP contribution in [0, 0.1) is 0 Å². The van der Waals surface area contributed by atoms with Crippen molar-refractivity contribution in [3.63, 3.8) is 0 Å². The molecule has 142 valence electrons. The SMILES string of the molecule is COc1ccc2nc(CCNC(=O)CN3C(=O)c4ccccc4C3=O)[nH]c2c1. The Kier molecular flexibility index (Phi) is 4.52. The van der Waals surface area contributed by atoms with Gasteiger partial charge in [-0.2, -0.15) is 0 Å². The standard InChI is InChI=1S/C20H18N4O4/c1-28-12-6-7-15-16(10-12)23-17(22-15)8-9-21-18(25)11-24-19(26)13-4-2-3-5-14(13)20(24)27/h2-7,10H,8-9,11H2,1H3,(H,21,25)(H,22,23). The van der Waals surface area contributed by atoms with Crippen molar-refractivity contribution in [1.29, 1.82) is 0 Å². The van der Waals surface area contributed by atoms with Gasteiger partial charge in [-0.3, -0.25) is 19.3 Å². The molecule has 8 heteroatoms. The lowest BCUT2D eigenvalue weighted by atomic mass is 10.1. The molecule has 3 amide bonds. The molecule has 0 bridgehead atoms. The van der Waals surface area contributed by atoms with E-state index in [0.717, 1.165) is 27.5 Å². The van der Waals surface area contributed by atoms with Gasteiger partial charge >= 0.3 is 0 Å². The summed E-state index contributed by atoms with van der Waals surface area (Å²) in [6.45, 7) is 0.0304. The fourth-order valence-electron chi connectivity index (χ4n) is 3.19. The second-order valence-corrected chi connectivity index (χ2v) is 6.41. The maximum atomic E-state index is 12.3. The molecule has 1 aliphatic heterocycles. The summed E-state index contributed by atoms with van der Waals surface area (Å²) in [5, 5.41) is 2.72. The van der Waals surface area contributed by atoms with Crippen LogP contribution in [0.3, 0.4) is 0 Å². The van der Waals surface area contributed by atoms with Crippen LogP contribution in [-0.4, -0.2) is 52.8 Å². The van der Waals surface area contributed by atoms with Crippen LogP contribution in [0.1, 0.15) is 26.5 Å². The molecule has 0 spiro atoms. The number of hydrogen-bond acceptors (Lipinski definition) is 5. The zero-order valence-corrected chi connectivity index (χ0v) is 15.2. The molecule has 0 radical (unpaired) electrons. The summed E-state index contributed by atoms with van der Waals surface area (Å²) in [6.07, 6.45) is 0.491. The summed E-state index contributed by atoms with van der Waals surface area (Å²) >= 11 is 0. The van der Waals surface area contributed by atoms with Crippen molar-refractivity contribution in [2.75, 3.05) is 20.2 Å². The number of methoxy groups -OCH3 is 1. The maximum absolute atomic E-state index is 12.3. The number of imide groups is 1. The van der Waals surface area contributed by atoms with Crippen LogP contribution < -0.4 is 10.1 Å². The van der Waals surface area contributed by atoms with Crippen LogP contribution in [0.25, 0.3) is 11.0 Å². The van der Waals surface area contributed by atoms with Crippen LogP contribution >= 0.6 is 0 Å². The van der Waals surface area contributed by atoms with Crippen molar-refractivity contribution in [2.45, 2.75) is 6.42 Å². The molecular formula is C20H18N4O4. The van der Waals surface area contributed by atoms with Gasteiger partial charge in [0.15, 0.2) is 0 Å². The summed E-state index contributed by atoms with van der Waals surface area (Å²) in [4.78, 5) is 45.4. The maximum Gasteiger partial charge on any atom is 0.262 e. The summed E-state index contributed by atoms with van der Waals surface area (Å²) in [6, 6.07) is 12.1. The number of benzene rings is 2. The minimum absolute atomic E-state index is 0.302. The van der Waals surface area contributed by atoms with Crippen molar-refractivity contribution in [2.24, 2.45) is 0 Å². The average molecular weight is 378 g/mol. The summed E-state index contributed by atoms with van der Waals surface area (Å²) < 4.78 is 5.18. The Balaban J connectivity index is 1.33. The van der Waals surface area contributed by atoms with Gasteiger partial charge in [-0.15, -0.1) is 0 Å². The van der Waals surface area contributed by atoms with Gasteiger partial charge in [0, 0.05) is 19.0 Å². The summed E-state index contributed by atoms with van der Waals surface area (Å²) in [5.41, 5.74) is 2.33. The molecule has 0 saturated carbocycles. The van der Waals surface area contributed by atoms with Crippen LogP contribution in [0.4, 0.5) is 0 Å². The third-order valence-electron chi connectivity index (χ3n) is 4.60. The first-order valence-corrected chi connectivity index (χ1v) is 8.81. The molecule has 0 saturated heterocycles. The molecule has 0 aliphatic carbocycles. The van der Waals surface area contributed by atoms with Gasteiger partial charge in [0.1, 0.15) is 18.1 Å². The van der Waals surface area contributed by atoms with Crippen molar-refractivity contribution in [1.82, 2.24) is 20.2 Å². The Morgan fingerprint density at radius 2 is 1.86 bits per heavy atom. The molecule has 0 fully saturated rings. The monoisotopic (exact) mass is 378 g/mol. The van der Waals surface area contributed by atoms with E-state index < -0.39 is 17.7 Å². The summed E-state index contributed by atoms with van der Waals surface area (Å²) in [5.74, 6) is 0.178. The second-order valence-electron chi connectivity index (χ2n) is 6.41. The molecule has 28 heavy (non-hydrogen) atoms. The van der Waals surface area contributed by atoms with Crippen LogP contribution in [0.5, 0.6) is 5.75 Å². The highest BCUT2D eigenvalue weighted by molar-refractivity contribution is 6.22. The Morgan fingerprint density at radius 1 is 1.14 bits per heavy atom. The van der Waals surface area contributed by atoms with Gasteiger partial charge in [-0.05, 0) is 24.3 Å². The number of imidazole rings is 1. The van der Waals surface area contributed by atoms with E-state index in [2.05, 4.69) is 15.3 Å². The lowest BCUT2D eigenvalue weighted by Crippen LogP contribution is -2.40. The number of nitrogens with one attached hydrogen (secondary N) is 2. The average Bonchev–Trinajstić information content (AvgIpc) is 3.22. The van der Waals surface area contributed by atoms with Crippen molar-refractivity contribution < 1.29 is 19.1 Å². The van der Waals surface area contributed by atoms with Crippen molar-refractivity contribution in [3.05, 3.63) is 59.4 Å². The van der Waals surface area contributed by atoms with Gasteiger partial charge in [0.2, 0.25) is 5.91 Å². The number of aromatic nitrogens is 2. The first-order valence-electron chi connectivity index (χ1n) is 8.81. The van der Waals surface area contributed by atoms with E-state index in [1.54, 1.807) is 31.4 Å². The molecule has 0 atom stereocenters. The van der Waals surface area contributed by atoms with Gasteiger partial charge in [-0.25, -0.2) is 4.98 Å². The molecular weight excluding hydrogens is 360 g/mol. The highest BCUT2D eigenvalue weighted by atomic mass is 16.5. The predicted octanol–water partition coefficient (Wildman–Crippen LogP) is 1.53. The van der Waals surface area contributed by atoms with Crippen LogP contribution in [0.15, 0.2) is 42.5 Å². The number of aromatic amines is 1. The molecule has 3 aromatic rings. The fraction of sp³-hybridized carbons (Fsp3) is 0.200. The van der Waals surface area contributed by atoms with Gasteiger partial charge in [0.25, 0.3) is 11.8 Å². The van der Waals surface area contributed by atoms with Crippen molar-refractivity contribution >= 4 is 28.8 Å². The lowest BCUT2D eigenvalue weighted by Gasteiger charge is -2.13. The third kappa shape index (κ3) is 3.20. The molecule has 2 aromatic carbocycles. The number of carbonyl (C=O) groups excluding carboxylic acids is 3. The molecule has 4 rings (SSSR count). The van der Waals surface area contributed by atoms with E-state index in [1.165, 1.54) is 0 Å². The second kappa shape index (κ2) is 7.15. The number of rotatable bonds is 6. The van der Waals surface area contributed by atoms with Crippen LogP contribution in [0.2, 0.25) is 0 Å². The topological polar surface area (TPSA) is 104 Å². The number of ether oxygens (including phenoxy) is 1. The highest BCUT2D eigenvalue weighted by Gasteiger charge is 2.36. The van der Waals surface area contributed by atoms with E-state index in [1.807, 2.05) is 18.2 Å². The Bertz CT molecular complexity index is 1050. The number of carbonyl (C=O) groups is 3. The highest BCUT2D eigenvalue weighted by Crippen LogP contribution is 2.22. The van der Waals surface area contributed by atoms with E-state index in [4.69, 9.17) is 4.74 Å².